The summed E-state index contributed by atoms with van der Waals surface area (Å²) in [6, 6.07) is 19.8. The molecule has 7 nitrogen and oxygen atoms in total. The number of aromatic nitrogens is 1. The lowest BCUT2D eigenvalue weighted by Crippen LogP contribution is -2.11. The number of carbonyl (C=O) groups is 2. The maximum atomic E-state index is 12.8. The first-order valence-corrected chi connectivity index (χ1v) is 10.6. The van der Waals surface area contributed by atoms with Gasteiger partial charge >= 0.3 is 0 Å². The Hall–Kier alpha value is -4.17. The normalized spacial score (nSPS) is 10.9. The van der Waals surface area contributed by atoms with Crippen LogP contribution in [-0.4, -0.2) is 16.8 Å². The molecule has 5 rings (SSSR count). The minimum absolute atomic E-state index is 0.209. The lowest BCUT2D eigenvalue weighted by atomic mass is 10.2. The molecule has 0 fully saturated rings. The Morgan fingerprint density at radius 1 is 0.938 bits per heavy atom. The summed E-state index contributed by atoms with van der Waals surface area (Å²) in [7, 11) is 0. The zero-order valence-corrected chi connectivity index (χ0v) is 17.7. The SMILES string of the molecule is Cc1cc(NC(=O)c2ccco2)sc1C(=O)Nc1ccc(-c2nc3ccccc3o2)cc1. The van der Waals surface area contributed by atoms with Gasteiger partial charge in [-0.1, -0.05) is 12.1 Å². The second-order valence-corrected chi connectivity index (χ2v) is 8.12. The molecule has 0 bridgehead atoms. The number of nitrogens with one attached hydrogen (secondary N) is 2. The number of oxazole rings is 1. The van der Waals surface area contributed by atoms with Crippen molar-refractivity contribution < 1.29 is 18.4 Å². The third-order valence-corrected chi connectivity index (χ3v) is 5.94. The molecule has 2 N–H and O–H groups in total. The molecule has 158 valence electrons. The van der Waals surface area contributed by atoms with Gasteiger partial charge in [-0.25, -0.2) is 4.98 Å². The molecular weight excluding hydrogens is 426 g/mol. The fraction of sp³-hybridized carbons (Fsp3) is 0.0417. The molecule has 3 aromatic heterocycles. The second-order valence-electron chi connectivity index (χ2n) is 7.07. The van der Waals surface area contributed by atoms with Crippen LogP contribution in [-0.2, 0) is 0 Å². The van der Waals surface area contributed by atoms with Crippen LogP contribution in [0, 0.1) is 6.92 Å². The number of hydrogen-bond donors (Lipinski definition) is 2. The van der Waals surface area contributed by atoms with E-state index in [2.05, 4.69) is 15.6 Å². The molecular formula is C24H17N3O4S. The summed E-state index contributed by atoms with van der Waals surface area (Å²) in [4.78, 5) is 29.9. The van der Waals surface area contributed by atoms with Gasteiger partial charge in [0.15, 0.2) is 11.3 Å². The second kappa shape index (κ2) is 8.16. The van der Waals surface area contributed by atoms with Crippen LogP contribution in [0.5, 0.6) is 0 Å². The van der Waals surface area contributed by atoms with Gasteiger partial charge in [0.2, 0.25) is 5.89 Å². The van der Waals surface area contributed by atoms with Crippen molar-refractivity contribution in [3.05, 3.63) is 89.2 Å². The van der Waals surface area contributed by atoms with E-state index in [1.165, 1.54) is 17.6 Å². The molecule has 3 heterocycles. The summed E-state index contributed by atoms with van der Waals surface area (Å²) >= 11 is 1.20. The molecule has 5 aromatic rings. The number of para-hydroxylation sites is 2. The van der Waals surface area contributed by atoms with Crippen molar-refractivity contribution in [2.45, 2.75) is 6.92 Å². The van der Waals surface area contributed by atoms with Crippen molar-refractivity contribution in [3.8, 4) is 11.5 Å². The molecule has 0 unspecified atom stereocenters. The summed E-state index contributed by atoms with van der Waals surface area (Å²) in [6.07, 6.45) is 1.43. The predicted octanol–water partition coefficient (Wildman–Crippen LogP) is 5.96. The maximum Gasteiger partial charge on any atom is 0.291 e. The van der Waals surface area contributed by atoms with Gasteiger partial charge in [0, 0.05) is 11.3 Å². The number of thiophene rings is 1. The van der Waals surface area contributed by atoms with Gasteiger partial charge in [-0.3, -0.25) is 9.59 Å². The fourth-order valence-electron chi connectivity index (χ4n) is 3.23. The first-order valence-electron chi connectivity index (χ1n) is 9.79. The Bertz CT molecular complexity index is 1380. The van der Waals surface area contributed by atoms with Gasteiger partial charge in [-0.2, -0.15) is 0 Å². The van der Waals surface area contributed by atoms with Crippen molar-refractivity contribution in [1.29, 1.82) is 0 Å². The van der Waals surface area contributed by atoms with E-state index in [0.717, 1.165) is 22.2 Å². The Morgan fingerprint density at radius 3 is 2.50 bits per heavy atom. The number of nitrogens with zero attached hydrogens (tertiary/aromatic N) is 1. The summed E-state index contributed by atoms with van der Waals surface area (Å²) in [5.41, 5.74) is 3.74. The van der Waals surface area contributed by atoms with Crippen LogP contribution in [0.3, 0.4) is 0 Å². The first-order chi connectivity index (χ1) is 15.6. The lowest BCUT2D eigenvalue weighted by molar-refractivity contribution is 0.0995. The molecule has 32 heavy (non-hydrogen) atoms. The van der Waals surface area contributed by atoms with Gasteiger partial charge < -0.3 is 19.5 Å². The number of aryl methyl sites for hydroxylation is 1. The molecule has 0 aliphatic carbocycles. The monoisotopic (exact) mass is 443 g/mol. The van der Waals surface area contributed by atoms with Gasteiger partial charge in [0.1, 0.15) is 5.52 Å². The van der Waals surface area contributed by atoms with Crippen molar-refractivity contribution in [2.75, 3.05) is 10.6 Å². The minimum atomic E-state index is -0.363. The molecule has 2 aromatic carbocycles. The van der Waals surface area contributed by atoms with Crippen LogP contribution in [0.2, 0.25) is 0 Å². The Labute approximate surface area is 186 Å². The van der Waals surface area contributed by atoms with Crippen LogP contribution in [0.25, 0.3) is 22.6 Å². The number of amides is 2. The largest absolute Gasteiger partial charge is 0.459 e. The molecule has 0 saturated heterocycles. The Morgan fingerprint density at radius 2 is 1.75 bits per heavy atom. The third kappa shape index (κ3) is 3.91. The molecule has 0 aliphatic heterocycles. The molecule has 0 atom stereocenters. The first kappa shape index (κ1) is 19.8. The highest BCUT2D eigenvalue weighted by Crippen LogP contribution is 2.29. The average Bonchev–Trinajstić information content (AvgIpc) is 3.54. The van der Waals surface area contributed by atoms with E-state index in [0.29, 0.717) is 21.5 Å². The number of benzene rings is 2. The van der Waals surface area contributed by atoms with E-state index in [1.807, 2.05) is 43.3 Å². The van der Waals surface area contributed by atoms with Crippen LogP contribution in [0.1, 0.15) is 25.8 Å². The Balaban J connectivity index is 1.28. The van der Waals surface area contributed by atoms with Crippen LogP contribution >= 0.6 is 11.3 Å². The highest BCUT2D eigenvalue weighted by molar-refractivity contribution is 7.18. The molecule has 0 radical (unpaired) electrons. The minimum Gasteiger partial charge on any atom is -0.459 e. The summed E-state index contributed by atoms with van der Waals surface area (Å²) in [6.45, 7) is 1.82. The highest BCUT2D eigenvalue weighted by atomic mass is 32.1. The van der Waals surface area contributed by atoms with Crippen LogP contribution in [0.4, 0.5) is 10.7 Å². The predicted molar refractivity (Wildman–Crippen MR) is 123 cm³/mol. The van der Waals surface area contributed by atoms with Crippen molar-refractivity contribution in [3.63, 3.8) is 0 Å². The zero-order chi connectivity index (χ0) is 22.1. The number of anilines is 2. The van der Waals surface area contributed by atoms with Crippen LogP contribution < -0.4 is 10.6 Å². The lowest BCUT2D eigenvalue weighted by Gasteiger charge is -2.05. The molecule has 0 saturated carbocycles. The average molecular weight is 443 g/mol. The standard InChI is InChI=1S/C24H17N3O4S/c1-14-13-20(27-22(28)19-7-4-12-30-19)32-21(14)23(29)25-16-10-8-15(9-11-16)24-26-17-5-2-3-6-18(17)31-24/h2-13H,1H3,(H,25,29)(H,27,28). The van der Waals surface area contributed by atoms with E-state index >= 15 is 0 Å². The summed E-state index contributed by atoms with van der Waals surface area (Å²) < 4.78 is 10.9. The highest BCUT2D eigenvalue weighted by Gasteiger charge is 2.17. The summed E-state index contributed by atoms with van der Waals surface area (Å²) in [5, 5.41) is 6.21. The number of fused-ring (bicyclic) bond motifs is 1. The number of rotatable bonds is 5. The van der Waals surface area contributed by atoms with E-state index in [4.69, 9.17) is 8.83 Å². The molecule has 8 heteroatoms. The van der Waals surface area contributed by atoms with Crippen molar-refractivity contribution in [2.24, 2.45) is 0 Å². The molecule has 0 aliphatic rings. The third-order valence-electron chi connectivity index (χ3n) is 4.79. The molecule has 0 spiro atoms. The number of furan rings is 1. The van der Waals surface area contributed by atoms with Crippen molar-refractivity contribution >= 4 is 44.9 Å². The van der Waals surface area contributed by atoms with E-state index in [1.54, 1.807) is 30.3 Å². The smallest absolute Gasteiger partial charge is 0.291 e. The molecule has 2 amide bonds. The Kier molecular flexibility index (Phi) is 5.04. The van der Waals surface area contributed by atoms with Gasteiger partial charge in [0.05, 0.1) is 16.1 Å². The van der Waals surface area contributed by atoms with E-state index < -0.39 is 0 Å². The maximum absolute atomic E-state index is 12.8. The number of carbonyl (C=O) groups excluding carboxylic acids is 2. The van der Waals surface area contributed by atoms with Crippen LogP contribution in [0.15, 0.2) is 81.8 Å². The van der Waals surface area contributed by atoms with Gasteiger partial charge in [0.25, 0.3) is 11.8 Å². The van der Waals surface area contributed by atoms with E-state index in [9.17, 15) is 9.59 Å². The van der Waals surface area contributed by atoms with Gasteiger partial charge in [-0.15, -0.1) is 11.3 Å². The van der Waals surface area contributed by atoms with Crippen molar-refractivity contribution in [1.82, 2.24) is 4.98 Å². The zero-order valence-electron chi connectivity index (χ0n) is 16.9. The number of hydrogen-bond acceptors (Lipinski definition) is 6. The van der Waals surface area contributed by atoms with Gasteiger partial charge in [-0.05, 0) is 67.1 Å². The summed E-state index contributed by atoms with van der Waals surface area (Å²) in [5.74, 6) is 0.120. The topological polar surface area (TPSA) is 97.4 Å². The quantitative estimate of drug-likeness (QED) is 0.349. The fourth-order valence-corrected chi connectivity index (χ4v) is 4.19. The van der Waals surface area contributed by atoms with E-state index in [-0.39, 0.29) is 17.6 Å².